The highest BCUT2D eigenvalue weighted by molar-refractivity contribution is 5.14. The molecule has 1 aliphatic carbocycles. The molecular weight excluding hydrogens is 246 g/mol. The first-order valence-electron chi connectivity index (χ1n) is 8.07. The quantitative estimate of drug-likeness (QED) is 0.910. The highest BCUT2D eigenvalue weighted by Crippen LogP contribution is 2.29. The molecule has 2 N–H and O–H groups in total. The van der Waals surface area contributed by atoms with Gasteiger partial charge >= 0.3 is 0 Å². The van der Waals surface area contributed by atoms with E-state index in [0.29, 0.717) is 0 Å². The fourth-order valence-corrected chi connectivity index (χ4v) is 3.87. The fourth-order valence-electron chi connectivity index (χ4n) is 3.87. The second kappa shape index (κ2) is 6.70. The summed E-state index contributed by atoms with van der Waals surface area (Å²) in [6, 6.07) is 11.6. The topological polar surface area (TPSA) is 32.5 Å². The number of piperazine rings is 1. The third-order valence-electron chi connectivity index (χ3n) is 5.05. The zero-order valence-electron chi connectivity index (χ0n) is 12.4. The molecule has 1 heterocycles. The summed E-state index contributed by atoms with van der Waals surface area (Å²) in [4.78, 5) is 5.28. The number of rotatable bonds is 4. The van der Waals surface area contributed by atoms with Crippen molar-refractivity contribution < 1.29 is 0 Å². The van der Waals surface area contributed by atoms with Gasteiger partial charge in [-0.1, -0.05) is 36.8 Å². The van der Waals surface area contributed by atoms with Crippen molar-refractivity contribution in [2.45, 2.75) is 31.8 Å². The molecule has 20 heavy (non-hydrogen) atoms. The maximum Gasteiger partial charge on any atom is 0.0234 e. The molecule has 2 aliphatic rings. The van der Waals surface area contributed by atoms with Crippen molar-refractivity contribution >= 4 is 0 Å². The first kappa shape index (κ1) is 14.1. The normalized spacial score (nSPS) is 28.9. The number of hydrogen-bond donors (Lipinski definition) is 1. The molecule has 110 valence electrons. The van der Waals surface area contributed by atoms with Gasteiger partial charge in [-0.15, -0.1) is 0 Å². The largest absolute Gasteiger partial charge is 0.330 e. The van der Waals surface area contributed by atoms with E-state index < -0.39 is 0 Å². The Labute approximate surface area is 122 Å². The van der Waals surface area contributed by atoms with E-state index >= 15 is 0 Å². The van der Waals surface area contributed by atoms with E-state index in [1.165, 1.54) is 51.0 Å². The van der Waals surface area contributed by atoms with Crippen LogP contribution in [0.2, 0.25) is 0 Å². The van der Waals surface area contributed by atoms with E-state index in [2.05, 4.69) is 40.1 Å². The lowest BCUT2D eigenvalue weighted by Crippen LogP contribution is -2.51. The average molecular weight is 273 g/mol. The molecular formula is C17H27N3. The second-order valence-electron chi connectivity index (χ2n) is 6.29. The van der Waals surface area contributed by atoms with Gasteiger partial charge in [0.2, 0.25) is 0 Å². The zero-order valence-corrected chi connectivity index (χ0v) is 12.4. The Balaban J connectivity index is 1.49. The van der Waals surface area contributed by atoms with Gasteiger partial charge in [0.1, 0.15) is 0 Å². The van der Waals surface area contributed by atoms with Crippen LogP contribution < -0.4 is 5.73 Å². The summed E-state index contributed by atoms with van der Waals surface area (Å²) in [5.74, 6) is 0.746. The van der Waals surface area contributed by atoms with Crippen LogP contribution in [0.25, 0.3) is 0 Å². The van der Waals surface area contributed by atoms with Crippen LogP contribution in [-0.2, 0) is 6.54 Å². The lowest BCUT2D eigenvalue weighted by Gasteiger charge is -2.40. The van der Waals surface area contributed by atoms with Crippen molar-refractivity contribution in [1.29, 1.82) is 0 Å². The Morgan fingerprint density at radius 2 is 1.75 bits per heavy atom. The molecule has 1 aromatic rings. The number of hydrogen-bond acceptors (Lipinski definition) is 3. The molecule has 0 amide bonds. The Hall–Kier alpha value is -0.900. The third-order valence-corrected chi connectivity index (χ3v) is 5.05. The van der Waals surface area contributed by atoms with E-state index in [4.69, 9.17) is 5.73 Å². The first-order chi connectivity index (χ1) is 9.86. The summed E-state index contributed by atoms with van der Waals surface area (Å²) in [5.41, 5.74) is 7.36. The molecule has 0 radical (unpaired) electrons. The highest BCUT2D eigenvalue weighted by atomic mass is 15.3. The van der Waals surface area contributed by atoms with Gasteiger partial charge in [-0.05, 0) is 30.9 Å². The summed E-state index contributed by atoms with van der Waals surface area (Å²) in [6.07, 6.45) is 4.07. The molecule has 1 saturated carbocycles. The summed E-state index contributed by atoms with van der Waals surface area (Å²) in [7, 11) is 0. The highest BCUT2D eigenvalue weighted by Gasteiger charge is 2.32. The van der Waals surface area contributed by atoms with Crippen molar-refractivity contribution in [3.05, 3.63) is 35.9 Å². The molecule has 3 nitrogen and oxygen atoms in total. The molecule has 3 rings (SSSR count). The number of nitrogens with two attached hydrogens (primary N) is 1. The van der Waals surface area contributed by atoms with E-state index in [1.54, 1.807) is 0 Å². The van der Waals surface area contributed by atoms with Gasteiger partial charge in [-0.25, -0.2) is 0 Å². The van der Waals surface area contributed by atoms with Crippen LogP contribution >= 0.6 is 0 Å². The number of nitrogens with zero attached hydrogens (tertiary/aromatic N) is 2. The standard InChI is InChI=1S/C17H27N3/c18-13-16-7-4-8-17(16)20-11-9-19(10-12-20)14-15-5-2-1-3-6-15/h1-3,5-6,16-17H,4,7-14,18H2. The van der Waals surface area contributed by atoms with Crippen LogP contribution in [0.4, 0.5) is 0 Å². The van der Waals surface area contributed by atoms with E-state index in [1.807, 2.05) is 0 Å². The minimum Gasteiger partial charge on any atom is -0.330 e. The summed E-state index contributed by atoms with van der Waals surface area (Å²) in [6.45, 7) is 6.79. The van der Waals surface area contributed by atoms with Crippen molar-refractivity contribution in [2.75, 3.05) is 32.7 Å². The SMILES string of the molecule is NCC1CCCC1N1CCN(Cc2ccccc2)CC1. The Kier molecular flexibility index (Phi) is 4.71. The van der Waals surface area contributed by atoms with Crippen LogP contribution in [0.15, 0.2) is 30.3 Å². The fraction of sp³-hybridized carbons (Fsp3) is 0.647. The first-order valence-corrected chi connectivity index (χ1v) is 8.07. The number of benzene rings is 1. The molecule has 2 atom stereocenters. The van der Waals surface area contributed by atoms with Gasteiger partial charge < -0.3 is 5.73 Å². The van der Waals surface area contributed by atoms with Crippen LogP contribution in [0, 0.1) is 5.92 Å². The molecule has 1 aliphatic heterocycles. The van der Waals surface area contributed by atoms with Gasteiger partial charge in [-0.2, -0.15) is 0 Å². The lowest BCUT2D eigenvalue weighted by atomic mass is 10.0. The summed E-state index contributed by atoms with van der Waals surface area (Å²) in [5, 5.41) is 0. The Morgan fingerprint density at radius 1 is 1.00 bits per heavy atom. The lowest BCUT2D eigenvalue weighted by molar-refractivity contribution is 0.0772. The van der Waals surface area contributed by atoms with E-state index in [-0.39, 0.29) is 0 Å². The molecule has 2 fully saturated rings. The van der Waals surface area contributed by atoms with Crippen LogP contribution in [-0.4, -0.2) is 48.6 Å². The molecule has 1 saturated heterocycles. The summed E-state index contributed by atoms with van der Waals surface area (Å²) < 4.78 is 0. The third kappa shape index (κ3) is 3.22. The predicted octanol–water partition coefficient (Wildman–Crippen LogP) is 1.93. The minimum absolute atomic E-state index is 0.746. The molecule has 0 aromatic heterocycles. The van der Waals surface area contributed by atoms with Gasteiger partial charge in [0.15, 0.2) is 0 Å². The minimum atomic E-state index is 0.746. The van der Waals surface area contributed by atoms with Crippen LogP contribution in [0.3, 0.4) is 0 Å². The Bertz CT molecular complexity index is 398. The maximum absolute atomic E-state index is 5.92. The van der Waals surface area contributed by atoms with Crippen molar-refractivity contribution in [3.63, 3.8) is 0 Å². The van der Waals surface area contributed by atoms with Crippen molar-refractivity contribution in [2.24, 2.45) is 11.7 Å². The predicted molar refractivity (Wildman–Crippen MR) is 83.5 cm³/mol. The summed E-state index contributed by atoms with van der Waals surface area (Å²) >= 11 is 0. The van der Waals surface area contributed by atoms with Crippen LogP contribution in [0.5, 0.6) is 0 Å². The molecule has 3 heteroatoms. The second-order valence-corrected chi connectivity index (χ2v) is 6.29. The van der Waals surface area contributed by atoms with Gasteiger partial charge in [0, 0.05) is 38.8 Å². The van der Waals surface area contributed by atoms with Crippen molar-refractivity contribution in [3.8, 4) is 0 Å². The molecule has 1 aromatic carbocycles. The van der Waals surface area contributed by atoms with Crippen LogP contribution in [0.1, 0.15) is 24.8 Å². The molecule has 2 unspecified atom stereocenters. The van der Waals surface area contributed by atoms with Crippen molar-refractivity contribution in [1.82, 2.24) is 9.80 Å². The maximum atomic E-state index is 5.92. The van der Waals surface area contributed by atoms with E-state index in [0.717, 1.165) is 25.0 Å². The van der Waals surface area contributed by atoms with Gasteiger partial charge in [0.05, 0.1) is 0 Å². The van der Waals surface area contributed by atoms with E-state index in [9.17, 15) is 0 Å². The average Bonchev–Trinajstić information content (AvgIpc) is 2.98. The zero-order chi connectivity index (χ0) is 13.8. The smallest absolute Gasteiger partial charge is 0.0234 e. The molecule has 0 spiro atoms. The monoisotopic (exact) mass is 273 g/mol. The van der Waals surface area contributed by atoms with Gasteiger partial charge in [0.25, 0.3) is 0 Å². The van der Waals surface area contributed by atoms with Gasteiger partial charge in [-0.3, -0.25) is 9.80 Å². The molecule has 0 bridgehead atoms. The Morgan fingerprint density at radius 3 is 2.45 bits per heavy atom.